The Hall–Kier alpha value is -0.920. The Bertz CT molecular complexity index is 419. The summed E-state index contributed by atoms with van der Waals surface area (Å²) in [6.45, 7) is 4.71. The number of hydrogen-bond acceptors (Lipinski definition) is 6. The van der Waals surface area contributed by atoms with Crippen LogP contribution in [0.25, 0.3) is 0 Å². The highest BCUT2D eigenvalue weighted by Gasteiger charge is 2.23. The van der Waals surface area contributed by atoms with Crippen molar-refractivity contribution in [1.82, 2.24) is 15.6 Å². The Labute approximate surface area is 138 Å². The predicted octanol–water partition coefficient (Wildman–Crippen LogP) is 0.256. The van der Waals surface area contributed by atoms with Gasteiger partial charge in [-0.15, -0.1) is 12.4 Å². The third-order valence-electron chi connectivity index (χ3n) is 3.87. The zero-order valence-electron chi connectivity index (χ0n) is 13.3. The van der Waals surface area contributed by atoms with Gasteiger partial charge in [0.05, 0.1) is 12.7 Å². The van der Waals surface area contributed by atoms with Gasteiger partial charge in [-0.1, -0.05) is 6.07 Å². The number of pyridine rings is 1. The van der Waals surface area contributed by atoms with Crippen molar-refractivity contribution in [2.45, 2.75) is 12.6 Å². The first-order valence-electron chi connectivity index (χ1n) is 7.45. The molecule has 0 bridgehead atoms. The van der Waals surface area contributed by atoms with Crippen LogP contribution in [0.15, 0.2) is 18.3 Å². The van der Waals surface area contributed by atoms with Gasteiger partial charge in [-0.2, -0.15) is 0 Å². The molecular formula is C15H27ClN4O2. The summed E-state index contributed by atoms with van der Waals surface area (Å²) in [5.74, 6) is 1.25. The first-order chi connectivity index (χ1) is 10.2. The average Bonchev–Trinajstić information content (AvgIpc) is 2.91. The molecule has 22 heavy (non-hydrogen) atoms. The minimum Gasteiger partial charge on any atom is -0.391 e. The Kier molecular flexibility index (Phi) is 8.67. The molecule has 1 aromatic rings. The highest BCUT2D eigenvalue weighted by atomic mass is 35.5. The monoisotopic (exact) mass is 330 g/mol. The van der Waals surface area contributed by atoms with Crippen LogP contribution >= 0.6 is 12.4 Å². The maximum absolute atomic E-state index is 9.72. The SMILES string of the molecule is COCCN(C)c1ccc(CNCC2CNCC2O)cn1.Cl. The van der Waals surface area contributed by atoms with E-state index in [0.29, 0.717) is 19.1 Å². The molecule has 0 saturated carbocycles. The summed E-state index contributed by atoms with van der Waals surface area (Å²) in [7, 11) is 3.71. The summed E-state index contributed by atoms with van der Waals surface area (Å²) >= 11 is 0. The van der Waals surface area contributed by atoms with Gasteiger partial charge in [0, 0.05) is 59.0 Å². The molecule has 126 valence electrons. The lowest BCUT2D eigenvalue weighted by Gasteiger charge is -2.18. The summed E-state index contributed by atoms with van der Waals surface area (Å²) in [5.41, 5.74) is 1.15. The second kappa shape index (κ2) is 9.97. The molecule has 3 N–H and O–H groups in total. The Morgan fingerprint density at radius 1 is 1.45 bits per heavy atom. The summed E-state index contributed by atoms with van der Waals surface area (Å²) < 4.78 is 5.06. The molecule has 7 heteroatoms. The van der Waals surface area contributed by atoms with Crippen LogP contribution in [0.5, 0.6) is 0 Å². The normalized spacial score (nSPS) is 20.7. The zero-order valence-corrected chi connectivity index (χ0v) is 14.1. The van der Waals surface area contributed by atoms with Crippen molar-refractivity contribution in [3.05, 3.63) is 23.9 Å². The van der Waals surface area contributed by atoms with Crippen LogP contribution in [0.4, 0.5) is 5.82 Å². The van der Waals surface area contributed by atoms with Gasteiger partial charge >= 0.3 is 0 Å². The molecule has 1 saturated heterocycles. The quantitative estimate of drug-likeness (QED) is 0.635. The van der Waals surface area contributed by atoms with Crippen LogP contribution in [0.1, 0.15) is 5.56 Å². The smallest absolute Gasteiger partial charge is 0.128 e. The van der Waals surface area contributed by atoms with Gasteiger partial charge < -0.3 is 25.4 Å². The van der Waals surface area contributed by atoms with E-state index in [1.54, 1.807) is 7.11 Å². The minimum absolute atomic E-state index is 0. The molecule has 0 aromatic carbocycles. The first-order valence-corrected chi connectivity index (χ1v) is 7.45. The van der Waals surface area contributed by atoms with E-state index in [-0.39, 0.29) is 18.5 Å². The second-order valence-electron chi connectivity index (χ2n) is 5.56. The van der Waals surface area contributed by atoms with Crippen molar-refractivity contribution in [1.29, 1.82) is 0 Å². The number of aromatic nitrogens is 1. The first kappa shape index (κ1) is 19.1. The molecule has 2 unspecified atom stereocenters. The third kappa shape index (κ3) is 5.70. The molecule has 2 atom stereocenters. The second-order valence-corrected chi connectivity index (χ2v) is 5.56. The highest BCUT2D eigenvalue weighted by Crippen LogP contribution is 2.10. The van der Waals surface area contributed by atoms with Crippen LogP contribution in [0, 0.1) is 5.92 Å². The molecule has 1 fully saturated rings. The number of anilines is 1. The van der Waals surface area contributed by atoms with E-state index < -0.39 is 0 Å². The number of hydrogen-bond donors (Lipinski definition) is 3. The lowest BCUT2D eigenvalue weighted by Crippen LogP contribution is -2.30. The van der Waals surface area contributed by atoms with E-state index in [1.807, 2.05) is 19.3 Å². The van der Waals surface area contributed by atoms with Crippen LogP contribution in [-0.4, -0.2) is 63.1 Å². The number of rotatable bonds is 8. The number of ether oxygens (including phenoxy) is 1. The number of β-amino-alcohol motifs (C(OH)–C–C–N with tert-alkyl or cyclic N) is 1. The molecular weight excluding hydrogens is 304 g/mol. The number of halogens is 1. The third-order valence-corrected chi connectivity index (χ3v) is 3.87. The van der Waals surface area contributed by atoms with Crippen molar-refractivity contribution >= 4 is 18.2 Å². The van der Waals surface area contributed by atoms with Crippen LogP contribution in [0.2, 0.25) is 0 Å². The number of likely N-dealkylation sites (N-methyl/N-ethyl adjacent to an activating group) is 1. The fraction of sp³-hybridized carbons (Fsp3) is 0.667. The van der Waals surface area contributed by atoms with Gasteiger partial charge in [-0.05, 0) is 11.6 Å². The largest absolute Gasteiger partial charge is 0.391 e. The number of aliphatic hydroxyl groups is 1. The summed E-state index contributed by atoms with van der Waals surface area (Å²) in [6.07, 6.45) is 1.67. The van der Waals surface area contributed by atoms with Crippen LogP contribution in [-0.2, 0) is 11.3 Å². The van der Waals surface area contributed by atoms with Gasteiger partial charge in [0.15, 0.2) is 0 Å². The van der Waals surface area contributed by atoms with E-state index >= 15 is 0 Å². The average molecular weight is 331 g/mol. The Morgan fingerprint density at radius 2 is 2.27 bits per heavy atom. The van der Waals surface area contributed by atoms with Crippen LogP contribution < -0.4 is 15.5 Å². The molecule has 0 spiro atoms. The van der Waals surface area contributed by atoms with Gasteiger partial charge in [0.25, 0.3) is 0 Å². The van der Waals surface area contributed by atoms with Crippen molar-refractivity contribution in [3.8, 4) is 0 Å². The topological polar surface area (TPSA) is 69.7 Å². The molecule has 1 aliphatic rings. The molecule has 6 nitrogen and oxygen atoms in total. The highest BCUT2D eigenvalue weighted by molar-refractivity contribution is 5.85. The van der Waals surface area contributed by atoms with E-state index in [0.717, 1.165) is 37.6 Å². The lowest BCUT2D eigenvalue weighted by molar-refractivity contribution is 0.146. The standard InChI is InChI=1S/C15H26N4O2.ClH/c1-19(5-6-21-2)15-4-3-12(8-18-15)7-16-9-13-10-17-11-14(13)20;/h3-4,8,13-14,16-17,20H,5-7,9-11H2,1-2H3;1H. The minimum atomic E-state index is -0.229. The van der Waals surface area contributed by atoms with E-state index in [1.165, 1.54) is 0 Å². The molecule has 0 aliphatic carbocycles. The maximum Gasteiger partial charge on any atom is 0.128 e. The lowest BCUT2D eigenvalue weighted by atomic mass is 10.1. The Morgan fingerprint density at radius 3 is 2.86 bits per heavy atom. The number of aliphatic hydroxyl groups excluding tert-OH is 1. The van der Waals surface area contributed by atoms with Gasteiger partial charge in [-0.25, -0.2) is 4.98 Å². The molecule has 1 aliphatic heterocycles. The molecule has 0 amide bonds. The summed E-state index contributed by atoms with van der Waals surface area (Å²) in [5, 5.41) is 16.3. The number of nitrogens with one attached hydrogen (secondary N) is 2. The molecule has 2 rings (SSSR count). The van der Waals surface area contributed by atoms with Crippen molar-refractivity contribution in [2.24, 2.45) is 5.92 Å². The summed E-state index contributed by atoms with van der Waals surface area (Å²) in [4.78, 5) is 6.54. The molecule has 0 radical (unpaired) electrons. The van der Waals surface area contributed by atoms with E-state index in [4.69, 9.17) is 4.74 Å². The van der Waals surface area contributed by atoms with Gasteiger partial charge in [-0.3, -0.25) is 0 Å². The fourth-order valence-corrected chi connectivity index (χ4v) is 2.42. The fourth-order valence-electron chi connectivity index (χ4n) is 2.42. The van der Waals surface area contributed by atoms with Crippen molar-refractivity contribution < 1.29 is 9.84 Å². The van der Waals surface area contributed by atoms with Crippen molar-refractivity contribution in [3.63, 3.8) is 0 Å². The zero-order chi connectivity index (χ0) is 15.1. The number of nitrogens with zero attached hydrogens (tertiary/aromatic N) is 2. The van der Waals surface area contributed by atoms with E-state index in [2.05, 4.69) is 26.6 Å². The number of methoxy groups -OCH3 is 1. The van der Waals surface area contributed by atoms with E-state index in [9.17, 15) is 5.11 Å². The van der Waals surface area contributed by atoms with Gasteiger partial charge in [0.2, 0.25) is 0 Å². The van der Waals surface area contributed by atoms with Crippen LogP contribution in [0.3, 0.4) is 0 Å². The van der Waals surface area contributed by atoms with Crippen molar-refractivity contribution in [2.75, 3.05) is 51.8 Å². The molecule has 1 aromatic heterocycles. The predicted molar refractivity (Wildman–Crippen MR) is 90.7 cm³/mol. The Balaban J connectivity index is 0.00000242. The maximum atomic E-state index is 9.72. The summed E-state index contributed by atoms with van der Waals surface area (Å²) in [6, 6.07) is 4.11. The van der Waals surface area contributed by atoms with Gasteiger partial charge in [0.1, 0.15) is 5.82 Å². The molecule has 2 heterocycles.